The molecule has 0 bridgehead atoms. The minimum atomic E-state index is -3.60. The molecule has 154 valence electrons. The number of carbonyl (C=O) groups is 1. The van der Waals surface area contributed by atoms with Crippen LogP contribution in [0.5, 0.6) is 5.75 Å². The third kappa shape index (κ3) is 5.14. The molecule has 1 aromatic heterocycles. The van der Waals surface area contributed by atoms with Crippen molar-refractivity contribution in [1.82, 2.24) is 14.2 Å². The molecule has 0 unspecified atom stereocenters. The van der Waals surface area contributed by atoms with Crippen molar-refractivity contribution in [3.05, 3.63) is 47.3 Å². The molecule has 8 heteroatoms. The molecule has 1 heterocycles. The molecule has 0 radical (unpaired) electrons. The Morgan fingerprint density at radius 2 is 1.71 bits per heavy atom. The maximum absolute atomic E-state index is 12.6. The standard InChI is InChI=1S/C20H29N3O4S/c1-6-23(7-2)28(25,26)18-13-19(22(5)14-18)20(24)21-8-9-27-17-11-15(3)10-16(4)12-17/h10-14H,6-9H2,1-5H3,(H,21,24). The second-order valence-corrected chi connectivity index (χ2v) is 8.63. The second kappa shape index (κ2) is 9.25. The maximum atomic E-state index is 12.6. The molecule has 0 atom stereocenters. The molecule has 7 nitrogen and oxygen atoms in total. The number of hydrogen-bond donors (Lipinski definition) is 1. The summed E-state index contributed by atoms with van der Waals surface area (Å²) in [6, 6.07) is 7.36. The summed E-state index contributed by atoms with van der Waals surface area (Å²) in [6.45, 7) is 8.97. The summed E-state index contributed by atoms with van der Waals surface area (Å²) in [7, 11) is -1.94. The first-order chi connectivity index (χ1) is 13.2. The zero-order valence-corrected chi connectivity index (χ0v) is 18.0. The molecule has 0 aliphatic heterocycles. The molecular weight excluding hydrogens is 378 g/mol. The Labute approximate surface area is 167 Å². The lowest BCUT2D eigenvalue weighted by atomic mass is 10.1. The summed E-state index contributed by atoms with van der Waals surface area (Å²) >= 11 is 0. The van der Waals surface area contributed by atoms with E-state index in [1.54, 1.807) is 20.9 Å². The summed E-state index contributed by atoms with van der Waals surface area (Å²) in [5, 5.41) is 2.77. The molecule has 28 heavy (non-hydrogen) atoms. The average Bonchev–Trinajstić information content (AvgIpc) is 3.01. The lowest BCUT2D eigenvalue weighted by molar-refractivity contribution is 0.0939. The second-order valence-electron chi connectivity index (χ2n) is 6.69. The molecule has 0 aliphatic carbocycles. The van der Waals surface area contributed by atoms with E-state index in [0.717, 1.165) is 16.9 Å². The van der Waals surface area contributed by atoms with Crippen LogP contribution in [0.25, 0.3) is 0 Å². The summed E-state index contributed by atoms with van der Waals surface area (Å²) in [4.78, 5) is 12.6. The van der Waals surface area contributed by atoms with E-state index in [1.165, 1.54) is 21.1 Å². The summed E-state index contributed by atoms with van der Waals surface area (Å²) in [5.41, 5.74) is 2.52. The fourth-order valence-electron chi connectivity index (χ4n) is 3.05. The lowest BCUT2D eigenvalue weighted by Gasteiger charge is -2.17. The van der Waals surface area contributed by atoms with Gasteiger partial charge in [0.15, 0.2) is 0 Å². The zero-order chi connectivity index (χ0) is 20.9. The lowest BCUT2D eigenvalue weighted by Crippen LogP contribution is -2.30. The van der Waals surface area contributed by atoms with E-state index in [4.69, 9.17) is 4.74 Å². The minimum Gasteiger partial charge on any atom is -0.492 e. The molecular formula is C20H29N3O4S. The number of hydrogen-bond acceptors (Lipinski definition) is 4. The van der Waals surface area contributed by atoms with Gasteiger partial charge < -0.3 is 14.6 Å². The number of sulfonamides is 1. The van der Waals surface area contributed by atoms with Gasteiger partial charge in [0.05, 0.1) is 6.54 Å². The van der Waals surface area contributed by atoms with Crippen LogP contribution in [0.4, 0.5) is 0 Å². The number of rotatable bonds is 9. The number of ether oxygens (including phenoxy) is 1. The van der Waals surface area contributed by atoms with E-state index in [9.17, 15) is 13.2 Å². The van der Waals surface area contributed by atoms with Gasteiger partial charge in [0.25, 0.3) is 5.91 Å². The van der Waals surface area contributed by atoms with Gasteiger partial charge in [-0.3, -0.25) is 4.79 Å². The van der Waals surface area contributed by atoms with Crippen LogP contribution in [-0.2, 0) is 17.1 Å². The summed E-state index contributed by atoms with van der Waals surface area (Å²) in [6.07, 6.45) is 1.47. The molecule has 2 rings (SSSR count). The van der Waals surface area contributed by atoms with Crippen LogP contribution in [0.2, 0.25) is 0 Å². The number of amides is 1. The van der Waals surface area contributed by atoms with Gasteiger partial charge >= 0.3 is 0 Å². The van der Waals surface area contributed by atoms with Gasteiger partial charge in [-0.1, -0.05) is 19.9 Å². The van der Waals surface area contributed by atoms with Crippen LogP contribution in [0.3, 0.4) is 0 Å². The molecule has 0 spiro atoms. The highest BCUT2D eigenvalue weighted by molar-refractivity contribution is 7.89. The van der Waals surface area contributed by atoms with Gasteiger partial charge in [0.1, 0.15) is 22.9 Å². The van der Waals surface area contributed by atoms with Gasteiger partial charge in [-0.25, -0.2) is 8.42 Å². The van der Waals surface area contributed by atoms with Crippen molar-refractivity contribution in [1.29, 1.82) is 0 Å². The van der Waals surface area contributed by atoms with Gasteiger partial charge in [-0.05, 0) is 43.2 Å². The molecule has 0 aliphatic rings. The van der Waals surface area contributed by atoms with Gasteiger partial charge in [0, 0.05) is 26.3 Å². The van der Waals surface area contributed by atoms with E-state index in [2.05, 4.69) is 11.4 Å². The third-order valence-corrected chi connectivity index (χ3v) is 6.42. The Morgan fingerprint density at radius 1 is 1.11 bits per heavy atom. The molecule has 0 saturated heterocycles. The Balaban J connectivity index is 1.98. The van der Waals surface area contributed by atoms with Crippen molar-refractivity contribution in [3.8, 4) is 5.75 Å². The average molecular weight is 408 g/mol. The summed E-state index contributed by atoms with van der Waals surface area (Å²) in [5.74, 6) is 0.422. The van der Waals surface area contributed by atoms with Gasteiger partial charge in [-0.15, -0.1) is 0 Å². The van der Waals surface area contributed by atoms with Crippen molar-refractivity contribution in [2.24, 2.45) is 7.05 Å². The van der Waals surface area contributed by atoms with Crippen LogP contribution in [0, 0.1) is 13.8 Å². The maximum Gasteiger partial charge on any atom is 0.268 e. The first kappa shape index (κ1) is 22.0. The summed E-state index contributed by atoms with van der Waals surface area (Å²) < 4.78 is 33.8. The first-order valence-corrected chi connectivity index (χ1v) is 10.8. The molecule has 2 aromatic rings. The predicted octanol–water partition coefficient (Wildman–Crippen LogP) is 2.48. The highest BCUT2D eigenvalue weighted by Crippen LogP contribution is 2.18. The van der Waals surface area contributed by atoms with Crippen LogP contribution < -0.4 is 10.1 Å². The van der Waals surface area contributed by atoms with Crippen molar-refractivity contribution in [3.63, 3.8) is 0 Å². The smallest absolute Gasteiger partial charge is 0.268 e. The van der Waals surface area contributed by atoms with Gasteiger partial charge in [0.2, 0.25) is 10.0 Å². The number of aryl methyl sites for hydroxylation is 3. The minimum absolute atomic E-state index is 0.121. The fraction of sp³-hybridized carbons (Fsp3) is 0.450. The van der Waals surface area contributed by atoms with Crippen molar-refractivity contribution in [2.75, 3.05) is 26.2 Å². The Morgan fingerprint density at radius 3 is 2.29 bits per heavy atom. The highest BCUT2D eigenvalue weighted by Gasteiger charge is 2.25. The molecule has 1 N–H and O–H groups in total. The zero-order valence-electron chi connectivity index (χ0n) is 17.2. The van der Waals surface area contributed by atoms with E-state index in [1.807, 2.05) is 26.0 Å². The third-order valence-electron chi connectivity index (χ3n) is 4.41. The van der Waals surface area contributed by atoms with Crippen molar-refractivity contribution >= 4 is 15.9 Å². The van der Waals surface area contributed by atoms with E-state index < -0.39 is 10.0 Å². The quantitative estimate of drug-likeness (QED) is 0.648. The Bertz CT molecular complexity index is 911. The van der Waals surface area contributed by atoms with Crippen LogP contribution in [0.15, 0.2) is 35.4 Å². The largest absolute Gasteiger partial charge is 0.492 e. The van der Waals surface area contributed by atoms with E-state index in [-0.39, 0.29) is 16.5 Å². The molecule has 1 amide bonds. The highest BCUT2D eigenvalue weighted by atomic mass is 32.2. The SMILES string of the molecule is CCN(CC)S(=O)(=O)c1cc(C(=O)NCCOc2cc(C)cc(C)c2)n(C)c1. The van der Waals surface area contributed by atoms with Crippen LogP contribution in [0.1, 0.15) is 35.5 Å². The molecule has 0 fully saturated rings. The first-order valence-electron chi connectivity index (χ1n) is 9.34. The topological polar surface area (TPSA) is 80.6 Å². The number of nitrogens with zero attached hydrogens (tertiary/aromatic N) is 2. The fourth-order valence-corrected chi connectivity index (χ4v) is 4.58. The van der Waals surface area contributed by atoms with E-state index >= 15 is 0 Å². The molecule has 0 saturated carbocycles. The van der Waals surface area contributed by atoms with Crippen LogP contribution in [-0.4, -0.2) is 49.4 Å². The van der Waals surface area contributed by atoms with Crippen LogP contribution >= 0.6 is 0 Å². The van der Waals surface area contributed by atoms with Crippen molar-refractivity contribution < 1.29 is 17.9 Å². The predicted molar refractivity (Wildman–Crippen MR) is 109 cm³/mol. The number of carbonyl (C=O) groups excluding carboxylic acids is 1. The Kier molecular flexibility index (Phi) is 7.26. The number of aromatic nitrogens is 1. The number of nitrogens with one attached hydrogen (secondary N) is 1. The van der Waals surface area contributed by atoms with Gasteiger partial charge in [-0.2, -0.15) is 4.31 Å². The molecule has 1 aromatic carbocycles. The normalized spacial score (nSPS) is 11.6. The van der Waals surface area contributed by atoms with E-state index in [0.29, 0.717) is 26.2 Å². The monoisotopic (exact) mass is 407 g/mol. The van der Waals surface area contributed by atoms with Crippen molar-refractivity contribution in [2.45, 2.75) is 32.6 Å². The Hall–Kier alpha value is -2.32. The number of benzene rings is 1.